The van der Waals surface area contributed by atoms with Crippen molar-refractivity contribution in [3.05, 3.63) is 23.3 Å². The fourth-order valence-corrected chi connectivity index (χ4v) is 12.7. The molecule has 0 aromatic rings. The molecule has 0 aliphatic heterocycles. The summed E-state index contributed by atoms with van der Waals surface area (Å²) >= 11 is 0. The number of nitrogens with zero attached hydrogens (tertiary/aromatic N) is 1. The molecular formula is C38H60N2O4. The molecule has 6 nitrogen and oxygen atoms in total. The number of rotatable bonds is 10. The van der Waals surface area contributed by atoms with E-state index in [2.05, 4.69) is 57.1 Å². The van der Waals surface area contributed by atoms with Gasteiger partial charge in [-0.25, -0.2) is 0 Å². The molecule has 0 saturated heterocycles. The Morgan fingerprint density at radius 2 is 1.82 bits per heavy atom. The fraction of sp³-hybridized carbons (Fsp3) is 0.842. The van der Waals surface area contributed by atoms with Crippen molar-refractivity contribution < 1.29 is 19.4 Å². The maximum atomic E-state index is 11.6. The fourth-order valence-electron chi connectivity index (χ4n) is 12.7. The zero-order valence-corrected chi connectivity index (χ0v) is 28.3. The van der Waals surface area contributed by atoms with E-state index < -0.39 is 5.97 Å². The third-order valence-electron chi connectivity index (χ3n) is 15.3. The molecule has 8 unspecified atom stereocenters. The Labute approximate surface area is 266 Å². The topological polar surface area (TPSA) is 78.9 Å². The van der Waals surface area contributed by atoms with Gasteiger partial charge in [-0.05, 0) is 141 Å². The van der Waals surface area contributed by atoms with Crippen LogP contribution in [-0.2, 0) is 14.3 Å². The van der Waals surface area contributed by atoms with Gasteiger partial charge in [0.1, 0.15) is 6.61 Å². The number of carboxylic acid groups (broad SMARTS) is 1. The van der Waals surface area contributed by atoms with Crippen LogP contribution in [0.15, 0.2) is 23.3 Å². The van der Waals surface area contributed by atoms with E-state index in [-0.39, 0.29) is 5.92 Å². The molecular weight excluding hydrogens is 548 g/mol. The number of nitrogens with one attached hydrogen (secondary N) is 1. The minimum Gasteiger partial charge on any atom is -0.481 e. The number of carbonyl (C=O) groups is 2. The van der Waals surface area contributed by atoms with E-state index in [1.54, 1.807) is 5.57 Å². The highest BCUT2D eigenvalue weighted by molar-refractivity contribution is 5.70. The van der Waals surface area contributed by atoms with Crippen LogP contribution in [0.25, 0.3) is 0 Å². The maximum Gasteiger partial charge on any atom is 0.306 e. The van der Waals surface area contributed by atoms with Crippen LogP contribution >= 0.6 is 0 Å². The number of hydrogen-bond donors (Lipinski definition) is 2. The molecule has 6 rings (SSSR count). The lowest BCUT2D eigenvalue weighted by atomic mass is 9.34. The molecule has 0 bridgehead atoms. The summed E-state index contributed by atoms with van der Waals surface area (Å²) in [5.41, 5.74) is 4.46. The van der Waals surface area contributed by atoms with Crippen molar-refractivity contribution in [2.75, 3.05) is 33.3 Å². The predicted molar refractivity (Wildman–Crippen MR) is 175 cm³/mol. The van der Waals surface area contributed by atoms with Crippen LogP contribution in [0, 0.1) is 51.8 Å². The molecule has 0 spiro atoms. The normalized spacial score (nSPS) is 44.9. The molecule has 0 aromatic carbocycles. The van der Waals surface area contributed by atoms with E-state index in [4.69, 9.17) is 4.74 Å². The number of hydrogen-bond acceptors (Lipinski definition) is 5. The Hall–Kier alpha value is -1.66. The van der Waals surface area contributed by atoms with E-state index in [0.29, 0.717) is 47.2 Å². The van der Waals surface area contributed by atoms with Gasteiger partial charge >= 0.3 is 5.97 Å². The standard InChI is InChI=1S/C38H60N2O4/c1-26-29(27-8-10-28(11-9-27)34(42)43)14-17-35(2)30(26)15-18-37(4)33(35)13-12-31-32-7-6-16-38(32,20-19-36(31,37)3)39-21-22-40(5)23-24-44-25-41/h8,14,25-26,28,30-33,39H,6-7,9-13,15-24H2,1-5H3,(H,42,43)/t26?,28?,30?,31?,32?,33?,35?,36-,37-,38?/m1/s1. The first-order valence-electron chi connectivity index (χ1n) is 18.1. The Morgan fingerprint density at radius 1 is 1.00 bits per heavy atom. The number of carbonyl (C=O) groups excluding carboxylic acids is 1. The van der Waals surface area contributed by atoms with Crippen molar-refractivity contribution in [3.63, 3.8) is 0 Å². The van der Waals surface area contributed by atoms with Crippen molar-refractivity contribution in [2.45, 2.75) is 117 Å². The molecule has 4 saturated carbocycles. The third kappa shape index (κ3) is 5.13. The quantitative estimate of drug-likeness (QED) is 0.201. The van der Waals surface area contributed by atoms with Gasteiger partial charge in [0.25, 0.3) is 6.47 Å². The van der Waals surface area contributed by atoms with Crippen molar-refractivity contribution in [1.82, 2.24) is 10.2 Å². The second kappa shape index (κ2) is 12.2. The highest BCUT2D eigenvalue weighted by Crippen LogP contribution is 2.75. The molecule has 6 aliphatic carbocycles. The summed E-state index contributed by atoms with van der Waals surface area (Å²) in [5.74, 6) is 2.84. The second-order valence-electron chi connectivity index (χ2n) is 16.8. The predicted octanol–water partition coefficient (Wildman–Crippen LogP) is 7.25. The van der Waals surface area contributed by atoms with Gasteiger partial charge in [-0.2, -0.15) is 0 Å². The largest absolute Gasteiger partial charge is 0.481 e. The Balaban J connectivity index is 1.17. The van der Waals surface area contributed by atoms with Crippen LogP contribution < -0.4 is 5.32 Å². The zero-order valence-electron chi connectivity index (χ0n) is 28.3. The first kappa shape index (κ1) is 32.3. The smallest absolute Gasteiger partial charge is 0.306 e. The van der Waals surface area contributed by atoms with E-state index in [1.165, 1.54) is 69.8 Å². The SMILES string of the molecule is CC1C(C2=CCC(C(=O)O)CC2)=CCC2(C)C1CC[C@]1(C)C2CCC2C3CCCC3(NCCN(C)CCOC=O)CC[C@]21C. The maximum absolute atomic E-state index is 11.6. The summed E-state index contributed by atoms with van der Waals surface area (Å²) in [4.78, 5) is 24.3. The van der Waals surface area contributed by atoms with Crippen molar-refractivity contribution in [1.29, 1.82) is 0 Å². The molecule has 2 N–H and O–H groups in total. The summed E-state index contributed by atoms with van der Waals surface area (Å²) in [6.45, 7) is 14.4. The molecule has 0 radical (unpaired) electrons. The van der Waals surface area contributed by atoms with E-state index in [9.17, 15) is 14.7 Å². The molecule has 6 heteroatoms. The molecule has 44 heavy (non-hydrogen) atoms. The van der Waals surface area contributed by atoms with Crippen LogP contribution in [0.3, 0.4) is 0 Å². The summed E-state index contributed by atoms with van der Waals surface area (Å²) in [7, 11) is 2.13. The van der Waals surface area contributed by atoms with Crippen molar-refractivity contribution in [3.8, 4) is 0 Å². The summed E-state index contributed by atoms with van der Waals surface area (Å²) in [5, 5.41) is 13.7. The monoisotopic (exact) mass is 608 g/mol. The summed E-state index contributed by atoms with van der Waals surface area (Å²) in [6, 6.07) is 0. The van der Waals surface area contributed by atoms with Crippen molar-refractivity contribution in [2.24, 2.45) is 51.8 Å². The van der Waals surface area contributed by atoms with Gasteiger partial charge in [0.2, 0.25) is 0 Å². The number of ether oxygens (including phenoxy) is 1. The first-order valence-corrected chi connectivity index (χ1v) is 18.1. The zero-order chi connectivity index (χ0) is 31.3. The average molecular weight is 609 g/mol. The van der Waals surface area contributed by atoms with E-state index in [1.807, 2.05) is 0 Å². The highest BCUT2D eigenvalue weighted by Gasteiger charge is 2.68. The number of fused-ring (bicyclic) bond motifs is 7. The number of aliphatic carboxylic acids is 1. The van der Waals surface area contributed by atoms with Crippen LogP contribution in [-0.4, -0.2) is 61.3 Å². The molecule has 4 fully saturated rings. The van der Waals surface area contributed by atoms with Crippen molar-refractivity contribution >= 4 is 12.4 Å². The molecule has 0 heterocycles. The van der Waals surface area contributed by atoms with Crippen LogP contribution in [0.1, 0.15) is 111 Å². The lowest BCUT2D eigenvalue weighted by molar-refractivity contribution is -0.212. The second-order valence-corrected chi connectivity index (χ2v) is 16.8. The summed E-state index contributed by atoms with van der Waals surface area (Å²) < 4.78 is 4.92. The van der Waals surface area contributed by atoms with Gasteiger partial charge in [0, 0.05) is 25.2 Å². The lowest BCUT2D eigenvalue weighted by Gasteiger charge is -2.71. The van der Waals surface area contributed by atoms with Gasteiger partial charge < -0.3 is 20.1 Å². The molecule has 6 aliphatic rings. The highest BCUT2D eigenvalue weighted by atomic mass is 16.5. The molecule has 10 atom stereocenters. The van der Waals surface area contributed by atoms with Gasteiger partial charge in [0.05, 0.1) is 5.92 Å². The number of carboxylic acids is 1. The van der Waals surface area contributed by atoms with Gasteiger partial charge in [0.15, 0.2) is 0 Å². The van der Waals surface area contributed by atoms with Crippen LogP contribution in [0.5, 0.6) is 0 Å². The average Bonchev–Trinajstić information content (AvgIpc) is 3.42. The first-order chi connectivity index (χ1) is 21.0. The number of allylic oxidation sites excluding steroid dienone is 4. The lowest BCUT2D eigenvalue weighted by Crippen LogP contribution is -2.67. The Morgan fingerprint density at radius 3 is 2.55 bits per heavy atom. The minimum absolute atomic E-state index is 0.199. The molecule has 0 aromatic heterocycles. The Bertz CT molecular complexity index is 1170. The molecule has 0 amide bonds. The minimum atomic E-state index is -0.631. The van der Waals surface area contributed by atoms with Crippen LogP contribution in [0.2, 0.25) is 0 Å². The number of likely N-dealkylation sites (N-methyl/N-ethyl adjacent to an activating group) is 1. The summed E-state index contributed by atoms with van der Waals surface area (Å²) in [6.07, 6.45) is 20.7. The van der Waals surface area contributed by atoms with Gasteiger partial charge in [-0.3, -0.25) is 9.59 Å². The van der Waals surface area contributed by atoms with E-state index >= 15 is 0 Å². The van der Waals surface area contributed by atoms with Gasteiger partial charge in [-0.1, -0.05) is 46.3 Å². The van der Waals surface area contributed by atoms with Crippen LogP contribution in [0.4, 0.5) is 0 Å². The van der Waals surface area contributed by atoms with E-state index in [0.717, 1.165) is 56.1 Å². The third-order valence-corrected chi connectivity index (χ3v) is 15.3. The van der Waals surface area contributed by atoms with Gasteiger partial charge in [-0.15, -0.1) is 0 Å². The molecule has 246 valence electrons. The Kier molecular flexibility index (Phi) is 8.93.